The van der Waals surface area contributed by atoms with E-state index >= 15 is 0 Å². The van der Waals surface area contributed by atoms with Gasteiger partial charge in [-0.15, -0.1) is 0 Å². The Kier molecular flexibility index (Phi) is 2.12. The summed E-state index contributed by atoms with van der Waals surface area (Å²) in [5, 5.41) is 0. The molecule has 0 aromatic carbocycles. The lowest BCUT2D eigenvalue weighted by Gasteiger charge is -2.15. The number of fused-ring (bicyclic) bond motifs is 5. The highest BCUT2D eigenvalue weighted by Gasteiger charge is 2.65. The van der Waals surface area contributed by atoms with Gasteiger partial charge in [-0.1, -0.05) is 19.8 Å². The molecular weight excluding hydrogens is 170 g/mol. The summed E-state index contributed by atoms with van der Waals surface area (Å²) in [4.78, 5) is 0. The Morgan fingerprint density at radius 2 is 1.86 bits per heavy atom. The fourth-order valence-electron chi connectivity index (χ4n) is 4.60. The molecule has 0 spiro atoms. The zero-order valence-electron chi connectivity index (χ0n) is 9.28. The van der Waals surface area contributed by atoms with Crippen molar-refractivity contribution in [1.82, 2.24) is 0 Å². The molecule has 14 heavy (non-hydrogen) atoms. The van der Waals surface area contributed by atoms with E-state index in [0.717, 1.165) is 29.6 Å². The van der Waals surface area contributed by atoms with Crippen molar-refractivity contribution in [3.8, 4) is 0 Å². The summed E-state index contributed by atoms with van der Waals surface area (Å²) in [6, 6.07) is 0.549. The monoisotopic (exact) mass is 193 g/mol. The first-order valence-corrected chi connectivity index (χ1v) is 6.58. The second-order valence-corrected chi connectivity index (χ2v) is 5.87. The molecule has 0 aliphatic heterocycles. The molecular formula is C13H23N. The predicted molar refractivity (Wildman–Crippen MR) is 58.8 cm³/mol. The second kappa shape index (κ2) is 3.23. The van der Waals surface area contributed by atoms with Gasteiger partial charge in [0, 0.05) is 6.04 Å². The van der Waals surface area contributed by atoms with Gasteiger partial charge in [-0.25, -0.2) is 0 Å². The first-order valence-electron chi connectivity index (χ1n) is 6.58. The largest absolute Gasteiger partial charge is 0.327 e. The van der Waals surface area contributed by atoms with Gasteiger partial charge >= 0.3 is 0 Å². The van der Waals surface area contributed by atoms with Crippen molar-refractivity contribution >= 4 is 0 Å². The average Bonchev–Trinajstić information content (AvgIpc) is 2.64. The number of hydrogen-bond acceptors (Lipinski definition) is 1. The summed E-state index contributed by atoms with van der Waals surface area (Å²) < 4.78 is 0. The Bertz CT molecular complexity index is 209. The highest BCUT2D eigenvalue weighted by molar-refractivity contribution is 5.15. The first kappa shape index (κ1) is 9.21. The molecule has 0 saturated heterocycles. The van der Waals surface area contributed by atoms with Crippen LogP contribution in [0.25, 0.3) is 0 Å². The van der Waals surface area contributed by atoms with Crippen LogP contribution in [0.5, 0.6) is 0 Å². The van der Waals surface area contributed by atoms with Crippen LogP contribution in [-0.4, -0.2) is 6.04 Å². The number of rotatable bonds is 4. The van der Waals surface area contributed by atoms with Crippen molar-refractivity contribution in [2.75, 3.05) is 0 Å². The van der Waals surface area contributed by atoms with Crippen molar-refractivity contribution in [3.63, 3.8) is 0 Å². The minimum Gasteiger partial charge on any atom is -0.327 e. The molecule has 3 rings (SSSR count). The third-order valence-electron chi connectivity index (χ3n) is 5.18. The van der Waals surface area contributed by atoms with Crippen molar-refractivity contribution < 1.29 is 0 Å². The smallest absolute Gasteiger partial charge is 0.00728 e. The topological polar surface area (TPSA) is 26.0 Å². The molecule has 3 aliphatic rings. The van der Waals surface area contributed by atoms with Crippen LogP contribution in [0.15, 0.2) is 0 Å². The van der Waals surface area contributed by atoms with Crippen LogP contribution < -0.4 is 5.73 Å². The molecule has 0 aromatic rings. The molecule has 80 valence electrons. The molecule has 3 fully saturated rings. The molecule has 0 heterocycles. The minimum absolute atomic E-state index is 0.549. The molecule has 2 N–H and O–H groups in total. The third-order valence-corrected chi connectivity index (χ3v) is 5.18. The SMILES string of the molecule is CCCCC(N)C1C2C3CCC(C3)C12. The Hall–Kier alpha value is -0.0400. The molecule has 0 amide bonds. The zero-order valence-corrected chi connectivity index (χ0v) is 9.28. The Balaban J connectivity index is 1.57. The molecule has 1 heteroatoms. The number of nitrogens with two attached hydrogens (primary N) is 1. The van der Waals surface area contributed by atoms with E-state index in [-0.39, 0.29) is 0 Å². The maximum Gasteiger partial charge on any atom is 0.00728 e. The van der Waals surface area contributed by atoms with Crippen LogP contribution in [0, 0.1) is 29.6 Å². The maximum atomic E-state index is 6.31. The quantitative estimate of drug-likeness (QED) is 0.730. The van der Waals surface area contributed by atoms with Crippen LogP contribution in [0.3, 0.4) is 0 Å². The van der Waals surface area contributed by atoms with Crippen molar-refractivity contribution in [1.29, 1.82) is 0 Å². The average molecular weight is 193 g/mol. The number of unbranched alkanes of at least 4 members (excludes halogenated alkanes) is 1. The summed E-state index contributed by atoms with van der Waals surface area (Å²) in [5.41, 5.74) is 6.31. The van der Waals surface area contributed by atoms with E-state index in [1.54, 1.807) is 6.42 Å². The van der Waals surface area contributed by atoms with E-state index in [0.29, 0.717) is 6.04 Å². The molecule has 2 bridgehead atoms. The van der Waals surface area contributed by atoms with Crippen LogP contribution >= 0.6 is 0 Å². The fourth-order valence-corrected chi connectivity index (χ4v) is 4.60. The normalized spacial score (nSPS) is 50.6. The fraction of sp³-hybridized carbons (Fsp3) is 1.00. The molecule has 5 unspecified atom stereocenters. The van der Waals surface area contributed by atoms with Gasteiger partial charge in [0.15, 0.2) is 0 Å². The van der Waals surface area contributed by atoms with E-state index in [2.05, 4.69) is 6.92 Å². The van der Waals surface area contributed by atoms with Crippen LogP contribution in [0.2, 0.25) is 0 Å². The second-order valence-electron chi connectivity index (χ2n) is 5.87. The molecule has 0 radical (unpaired) electrons. The first-order chi connectivity index (χ1) is 6.83. The van der Waals surface area contributed by atoms with E-state index in [1.165, 1.54) is 32.1 Å². The molecule has 0 aromatic heterocycles. The van der Waals surface area contributed by atoms with Gasteiger partial charge in [-0.2, -0.15) is 0 Å². The Labute approximate surface area is 87.4 Å². The lowest BCUT2D eigenvalue weighted by atomic mass is 9.95. The lowest BCUT2D eigenvalue weighted by molar-refractivity contribution is 0.392. The van der Waals surface area contributed by atoms with Crippen molar-refractivity contribution in [3.05, 3.63) is 0 Å². The van der Waals surface area contributed by atoms with E-state index in [1.807, 2.05) is 0 Å². The van der Waals surface area contributed by atoms with Crippen molar-refractivity contribution in [2.24, 2.45) is 35.3 Å². The van der Waals surface area contributed by atoms with Crippen molar-refractivity contribution in [2.45, 2.75) is 51.5 Å². The molecule has 3 aliphatic carbocycles. The van der Waals surface area contributed by atoms with E-state index in [9.17, 15) is 0 Å². The van der Waals surface area contributed by atoms with E-state index < -0.39 is 0 Å². The van der Waals surface area contributed by atoms with Gasteiger partial charge in [-0.3, -0.25) is 0 Å². The number of hydrogen-bond donors (Lipinski definition) is 1. The van der Waals surface area contributed by atoms with Gasteiger partial charge < -0.3 is 5.73 Å². The molecule has 3 saturated carbocycles. The summed E-state index contributed by atoms with van der Waals surface area (Å²) in [6.45, 7) is 2.27. The van der Waals surface area contributed by atoms with Gasteiger partial charge in [-0.05, 0) is 55.3 Å². The van der Waals surface area contributed by atoms with Gasteiger partial charge in [0.1, 0.15) is 0 Å². The Morgan fingerprint density at radius 1 is 1.21 bits per heavy atom. The molecule has 5 atom stereocenters. The summed E-state index contributed by atoms with van der Waals surface area (Å²) in [6.07, 6.45) is 8.56. The predicted octanol–water partition coefficient (Wildman–Crippen LogP) is 2.80. The zero-order chi connectivity index (χ0) is 9.71. The van der Waals surface area contributed by atoms with E-state index in [4.69, 9.17) is 5.73 Å². The van der Waals surface area contributed by atoms with Gasteiger partial charge in [0.05, 0.1) is 0 Å². The van der Waals surface area contributed by atoms with Gasteiger partial charge in [0.25, 0.3) is 0 Å². The van der Waals surface area contributed by atoms with Crippen LogP contribution in [0.1, 0.15) is 45.4 Å². The Morgan fingerprint density at radius 3 is 2.43 bits per heavy atom. The third kappa shape index (κ3) is 1.18. The van der Waals surface area contributed by atoms with Crippen LogP contribution in [0.4, 0.5) is 0 Å². The summed E-state index contributed by atoms with van der Waals surface area (Å²) in [5.74, 6) is 5.32. The summed E-state index contributed by atoms with van der Waals surface area (Å²) in [7, 11) is 0. The highest BCUT2D eigenvalue weighted by atomic mass is 14.8. The minimum atomic E-state index is 0.549. The van der Waals surface area contributed by atoms with Crippen LogP contribution in [-0.2, 0) is 0 Å². The highest BCUT2D eigenvalue weighted by Crippen LogP contribution is 2.70. The lowest BCUT2D eigenvalue weighted by Crippen LogP contribution is -2.25. The standard InChI is InChI=1S/C13H23N/c1-2-3-4-10(14)13-11-8-5-6-9(7-8)12(11)13/h8-13H,2-7,14H2,1H3. The maximum absolute atomic E-state index is 6.31. The summed E-state index contributed by atoms with van der Waals surface area (Å²) >= 11 is 0. The molecule has 1 nitrogen and oxygen atoms in total. The van der Waals surface area contributed by atoms with Gasteiger partial charge in [0.2, 0.25) is 0 Å².